The Balaban J connectivity index is 0.000000734. The molecule has 50 heavy (non-hydrogen) atoms. The molecule has 8 rings (SSSR count). The molecule has 0 radical (unpaired) electrons. The molecule has 3 amide bonds. The van der Waals surface area contributed by atoms with Crippen LogP contribution in [0.4, 0.5) is 0 Å². The number of hydrogen-bond donors (Lipinski definition) is 4. The number of nitrogens with one attached hydrogen (secondary N) is 2. The van der Waals surface area contributed by atoms with Crippen LogP contribution >= 0.6 is 0 Å². The predicted octanol–water partition coefficient (Wildman–Crippen LogP) is 2.13. The highest BCUT2D eigenvalue weighted by atomic mass is 32.2. The van der Waals surface area contributed by atoms with E-state index in [-0.39, 0.29) is 24.3 Å². The van der Waals surface area contributed by atoms with Crippen molar-refractivity contribution < 1.29 is 37.2 Å². The number of rotatable bonds is 5. The normalized spacial score (nSPS) is 30.4. The Morgan fingerprint density at radius 2 is 1.86 bits per heavy atom. The SMILES string of the molecule is CC(C)[C@@]1(NC(=O)[C@@H]2C=C3c4cccc5[nH]cc(c45)C[C@H]3N(C)C2)O[C@@]2(O)[C@@H]3CCCN3C(=O)C(Cc3ccccc3)N2C1=O.CS(=O)(=O)O. The van der Waals surface area contributed by atoms with Crippen LogP contribution in [-0.4, -0.2) is 112 Å². The second-order valence-corrected chi connectivity index (χ2v) is 15.8. The minimum absolute atomic E-state index is 0.138. The van der Waals surface area contributed by atoms with E-state index in [1.54, 1.807) is 18.7 Å². The molecule has 1 aliphatic carbocycles. The molecule has 14 heteroatoms. The van der Waals surface area contributed by atoms with Gasteiger partial charge in [0.05, 0.1) is 12.2 Å². The van der Waals surface area contributed by atoms with E-state index < -0.39 is 51.6 Å². The standard InChI is InChI=1S/C35H39N5O5.CH4O3S/c1-20(2)34(37-31(41)23-16-25-24-11-7-12-26-30(24)22(18-36-26)17-27(25)38(3)19-23)33(43)40-28(15-21-9-5-4-6-10-21)32(42)39-14-8-13-29(39)35(40,44)45-34;1-5(2,3)4/h4-7,9-12,16,18,20,23,27-29,36,44H,8,13-15,17,19H2,1-3H3,(H,37,41);1H3,(H,2,3,4)/t23-,27-,28?,29+,34-,35+;/m1./s1. The minimum atomic E-state index is -3.67. The number of carbonyl (C=O) groups is 3. The monoisotopic (exact) mass is 705 g/mol. The first-order valence-corrected chi connectivity index (χ1v) is 18.8. The van der Waals surface area contributed by atoms with Gasteiger partial charge in [0.1, 0.15) is 12.1 Å². The van der Waals surface area contributed by atoms with Gasteiger partial charge in [-0.3, -0.25) is 33.5 Å². The zero-order valence-electron chi connectivity index (χ0n) is 28.5. The van der Waals surface area contributed by atoms with Gasteiger partial charge in [-0.1, -0.05) is 62.4 Å². The number of hydrogen-bond acceptors (Lipinski definition) is 8. The largest absolute Gasteiger partial charge is 0.361 e. The molecule has 1 unspecified atom stereocenters. The van der Waals surface area contributed by atoms with E-state index in [1.807, 2.05) is 49.5 Å². The van der Waals surface area contributed by atoms with E-state index in [2.05, 4.69) is 33.5 Å². The number of aromatic amines is 1. The highest BCUT2D eigenvalue weighted by molar-refractivity contribution is 7.85. The zero-order chi connectivity index (χ0) is 35.7. The van der Waals surface area contributed by atoms with Crippen molar-refractivity contribution in [3.05, 3.63) is 77.5 Å². The van der Waals surface area contributed by atoms with Crippen molar-refractivity contribution >= 4 is 44.3 Å². The first kappa shape index (κ1) is 34.4. The molecule has 0 saturated carbocycles. The van der Waals surface area contributed by atoms with Crippen molar-refractivity contribution in [2.45, 2.75) is 69.3 Å². The Morgan fingerprint density at radius 3 is 2.56 bits per heavy atom. The quantitative estimate of drug-likeness (QED) is 0.290. The smallest absolute Gasteiger partial charge is 0.281 e. The Labute approximate surface area is 291 Å². The number of aliphatic hydroxyl groups is 1. The van der Waals surface area contributed by atoms with Gasteiger partial charge in [-0.25, -0.2) is 0 Å². The molecule has 4 aliphatic heterocycles. The summed E-state index contributed by atoms with van der Waals surface area (Å²) in [5.74, 6) is -4.27. The van der Waals surface area contributed by atoms with Crippen molar-refractivity contribution in [3.63, 3.8) is 0 Å². The van der Waals surface area contributed by atoms with E-state index in [4.69, 9.17) is 9.29 Å². The average Bonchev–Trinajstić information content (AvgIpc) is 3.77. The Hall–Kier alpha value is -4.08. The van der Waals surface area contributed by atoms with Crippen molar-refractivity contribution in [3.8, 4) is 0 Å². The first-order valence-electron chi connectivity index (χ1n) is 17.0. The van der Waals surface area contributed by atoms with Gasteiger partial charge in [0.25, 0.3) is 21.9 Å². The molecule has 5 aliphatic rings. The molecule has 1 aromatic heterocycles. The number of aromatic nitrogens is 1. The van der Waals surface area contributed by atoms with Crippen LogP contribution in [0.1, 0.15) is 43.4 Å². The third-order valence-electron chi connectivity index (χ3n) is 10.8. The molecular formula is C36H43N5O8S. The molecular weight excluding hydrogens is 662 g/mol. The third kappa shape index (κ3) is 5.63. The van der Waals surface area contributed by atoms with E-state index in [0.29, 0.717) is 32.2 Å². The summed E-state index contributed by atoms with van der Waals surface area (Å²) in [6.45, 7) is 4.56. The Bertz CT molecular complexity index is 1990. The molecule has 3 fully saturated rings. The van der Waals surface area contributed by atoms with E-state index in [1.165, 1.54) is 15.8 Å². The van der Waals surface area contributed by atoms with Gasteiger partial charge in [0, 0.05) is 48.6 Å². The average molecular weight is 706 g/mol. The van der Waals surface area contributed by atoms with Gasteiger partial charge in [-0.05, 0) is 54.6 Å². The fourth-order valence-corrected chi connectivity index (χ4v) is 8.47. The second kappa shape index (κ2) is 12.3. The van der Waals surface area contributed by atoms with Gasteiger partial charge in [0.15, 0.2) is 0 Å². The van der Waals surface area contributed by atoms with Crippen LogP contribution in [0.25, 0.3) is 16.5 Å². The van der Waals surface area contributed by atoms with Crippen LogP contribution in [0.2, 0.25) is 0 Å². The molecule has 2 aromatic carbocycles. The molecule has 0 bridgehead atoms. The lowest BCUT2D eigenvalue weighted by atomic mass is 9.79. The first-order chi connectivity index (χ1) is 23.6. The van der Waals surface area contributed by atoms with Crippen LogP contribution in [0, 0.1) is 11.8 Å². The third-order valence-corrected chi connectivity index (χ3v) is 10.8. The van der Waals surface area contributed by atoms with Gasteiger partial charge in [-0.15, -0.1) is 0 Å². The fourth-order valence-electron chi connectivity index (χ4n) is 8.47. The van der Waals surface area contributed by atoms with Gasteiger partial charge >= 0.3 is 0 Å². The predicted molar refractivity (Wildman–Crippen MR) is 185 cm³/mol. The summed E-state index contributed by atoms with van der Waals surface area (Å²) in [6, 6.07) is 14.2. The maximum Gasteiger partial charge on any atom is 0.281 e. The highest BCUT2D eigenvalue weighted by Crippen LogP contribution is 2.48. The lowest BCUT2D eigenvalue weighted by Gasteiger charge is -2.48. The molecule has 13 nitrogen and oxygen atoms in total. The zero-order valence-corrected chi connectivity index (χ0v) is 29.3. The van der Waals surface area contributed by atoms with Crippen LogP contribution in [-0.2, 0) is 42.1 Å². The molecule has 3 saturated heterocycles. The lowest BCUT2D eigenvalue weighted by molar-refractivity contribution is -0.321. The van der Waals surface area contributed by atoms with Crippen molar-refractivity contribution in [1.82, 2.24) is 25.0 Å². The molecule has 6 atom stereocenters. The number of amides is 3. The van der Waals surface area contributed by atoms with E-state index >= 15 is 0 Å². The summed E-state index contributed by atoms with van der Waals surface area (Å²) in [5, 5.41) is 16.5. The summed E-state index contributed by atoms with van der Waals surface area (Å²) < 4.78 is 32.4. The number of carbonyl (C=O) groups excluding carboxylic acids is 3. The number of ether oxygens (including phenoxy) is 1. The van der Waals surface area contributed by atoms with Crippen LogP contribution < -0.4 is 5.32 Å². The molecule has 3 aromatic rings. The number of fused-ring (bicyclic) bond motifs is 5. The summed E-state index contributed by atoms with van der Waals surface area (Å²) >= 11 is 0. The second-order valence-electron chi connectivity index (χ2n) is 14.4. The maximum absolute atomic E-state index is 14.6. The maximum atomic E-state index is 14.6. The van der Waals surface area contributed by atoms with Gasteiger partial charge in [0.2, 0.25) is 17.5 Å². The Morgan fingerprint density at radius 1 is 1.14 bits per heavy atom. The Kier molecular flexibility index (Phi) is 8.46. The van der Waals surface area contributed by atoms with Gasteiger partial charge in [-0.2, -0.15) is 8.42 Å². The molecule has 4 N–H and O–H groups in total. The lowest BCUT2D eigenvalue weighted by Crippen LogP contribution is -2.71. The molecule has 266 valence electrons. The number of benzene rings is 2. The highest BCUT2D eigenvalue weighted by Gasteiger charge is 2.72. The molecule has 0 spiro atoms. The number of piperazine rings is 1. The van der Waals surface area contributed by atoms with Crippen LogP contribution in [0.5, 0.6) is 0 Å². The minimum Gasteiger partial charge on any atom is -0.361 e. The van der Waals surface area contributed by atoms with Crippen molar-refractivity contribution in [2.24, 2.45) is 11.8 Å². The fraction of sp³-hybridized carbons (Fsp3) is 0.472. The molecule has 5 heterocycles. The van der Waals surface area contributed by atoms with Crippen LogP contribution in [0.3, 0.4) is 0 Å². The van der Waals surface area contributed by atoms with E-state index in [0.717, 1.165) is 28.6 Å². The topological polar surface area (TPSA) is 173 Å². The van der Waals surface area contributed by atoms with Crippen LogP contribution in [0.15, 0.2) is 60.8 Å². The number of nitrogens with zero attached hydrogens (tertiary/aromatic N) is 3. The number of H-pyrrole nitrogens is 1. The summed E-state index contributed by atoms with van der Waals surface area (Å²) in [7, 11) is -1.64. The number of likely N-dealkylation sites (N-methyl/N-ethyl adjacent to an activating group) is 1. The summed E-state index contributed by atoms with van der Waals surface area (Å²) in [4.78, 5) is 51.2. The summed E-state index contributed by atoms with van der Waals surface area (Å²) in [5.41, 5.74) is 3.59. The summed E-state index contributed by atoms with van der Waals surface area (Å²) in [6.07, 6.45) is 7.11. The van der Waals surface area contributed by atoms with Crippen molar-refractivity contribution in [1.29, 1.82) is 0 Å². The van der Waals surface area contributed by atoms with E-state index in [9.17, 15) is 27.9 Å². The van der Waals surface area contributed by atoms with Crippen molar-refractivity contribution in [2.75, 3.05) is 26.4 Å². The van der Waals surface area contributed by atoms with Gasteiger partial charge < -0.3 is 20.3 Å².